The van der Waals surface area contributed by atoms with Crippen LogP contribution in [-0.2, 0) is 10.0 Å². The Bertz CT molecular complexity index is 1190. The predicted octanol–water partition coefficient (Wildman–Crippen LogP) is 3.44. The first-order valence-corrected chi connectivity index (χ1v) is 11.3. The molecule has 1 aromatic carbocycles. The molecule has 0 bridgehead atoms. The van der Waals surface area contributed by atoms with Crippen LogP contribution in [0.1, 0.15) is 42.5 Å². The molecule has 1 spiro atoms. The van der Waals surface area contributed by atoms with Gasteiger partial charge >= 0.3 is 0 Å². The number of rotatable bonds is 4. The van der Waals surface area contributed by atoms with Crippen LogP contribution in [0, 0.1) is 25.1 Å². The molecule has 1 saturated carbocycles. The first kappa shape index (κ1) is 19.4. The number of halogens is 1. The third-order valence-corrected chi connectivity index (χ3v) is 8.43. The second-order valence-corrected chi connectivity index (χ2v) is 10.0. The normalized spacial score (nSPS) is 21.2. The van der Waals surface area contributed by atoms with E-state index >= 15 is 0 Å². The van der Waals surface area contributed by atoms with E-state index in [0.717, 1.165) is 19.3 Å². The molecule has 8 nitrogen and oxygen atoms in total. The highest BCUT2D eigenvalue weighted by molar-refractivity contribution is 7.89. The van der Waals surface area contributed by atoms with Crippen LogP contribution in [-0.4, -0.2) is 41.2 Å². The van der Waals surface area contributed by atoms with Crippen LogP contribution in [0.4, 0.5) is 4.39 Å². The summed E-state index contributed by atoms with van der Waals surface area (Å²) in [5.74, 6) is 0.896. The number of aryl methyl sites for hydroxylation is 2. The lowest BCUT2D eigenvalue weighted by Crippen LogP contribution is -2.39. The highest BCUT2D eigenvalue weighted by Gasteiger charge is 2.59. The molecule has 2 aromatic heterocycles. The van der Waals surface area contributed by atoms with Gasteiger partial charge in [-0.25, -0.2) is 12.8 Å². The SMILES string of the molecule is Cc1noc(C)c1S(=O)(=O)N1CCC2(CC1)C[C@@H]2c1nnc(-c2cccc(F)c2)o1. The Balaban J connectivity index is 1.29. The minimum atomic E-state index is -3.63. The monoisotopic (exact) mass is 432 g/mol. The number of benzene rings is 1. The van der Waals surface area contributed by atoms with Crippen LogP contribution in [0.5, 0.6) is 0 Å². The summed E-state index contributed by atoms with van der Waals surface area (Å²) in [5.41, 5.74) is 0.910. The average Bonchev–Trinajstić information content (AvgIpc) is 3.04. The zero-order valence-electron chi connectivity index (χ0n) is 16.6. The summed E-state index contributed by atoms with van der Waals surface area (Å²) in [6.07, 6.45) is 2.33. The number of sulfonamides is 1. The summed E-state index contributed by atoms with van der Waals surface area (Å²) in [5, 5.41) is 12.0. The summed E-state index contributed by atoms with van der Waals surface area (Å²) in [4.78, 5) is 0.169. The van der Waals surface area contributed by atoms with Crippen molar-refractivity contribution in [2.45, 2.75) is 43.9 Å². The van der Waals surface area contributed by atoms with Crippen LogP contribution >= 0.6 is 0 Å². The molecule has 1 saturated heterocycles. The van der Waals surface area contributed by atoms with Crippen LogP contribution in [0.3, 0.4) is 0 Å². The maximum atomic E-state index is 13.4. The van der Waals surface area contributed by atoms with E-state index in [1.165, 1.54) is 16.4 Å². The van der Waals surface area contributed by atoms with E-state index in [2.05, 4.69) is 15.4 Å². The Labute approximate surface area is 173 Å². The molecule has 2 aliphatic rings. The number of nitrogens with zero attached hydrogens (tertiary/aromatic N) is 4. The molecule has 3 heterocycles. The van der Waals surface area contributed by atoms with Crippen molar-refractivity contribution < 1.29 is 21.7 Å². The smallest absolute Gasteiger partial charge is 0.248 e. The average molecular weight is 432 g/mol. The van der Waals surface area contributed by atoms with Gasteiger partial charge in [0.15, 0.2) is 5.76 Å². The van der Waals surface area contributed by atoms with Gasteiger partial charge in [-0.3, -0.25) is 0 Å². The Morgan fingerprint density at radius 3 is 2.63 bits per heavy atom. The highest BCUT2D eigenvalue weighted by Crippen LogP contribution is 2.64. The summed E-state index contributed by atoms with van der Waals surface area (Å²) in [6.45, 7) is 4.10. The number of piperidine rings is 1. The summed E-state index contributed by atoms with van der Waals surface area (Å²) in [6, 6.07) is 6.04. The van der Waals surface area contributed by atoms with E-state index in [1.807, 2.05) is 0 Å². The molecule has 5 rings (SSSR count). The van der Waals surface area contributed by atoms with Crippen LogP contribution in [0.15, 0.2) is 38.1 Å². The second kappa shape index (κ2) is 6.71. The predicted molar refractivity (Wildman–Crippen MR) is 103 cm³/mol. The molecule has 0 radical (unpaired) electrons. The van der Waals surface area contributed by atoms with E-state index in [4.69, 9.17) is 8.94 Å². The molecule has 1 atom stereocenters. The van der Waals surface area contributed by atoms with E-state index in [1.54, 1.807) is 26.0 Å². The van der Waals surface area contributed by atoms with Gasteiger partial charge in [-0.15, -0.1) is 10.2 Å². The second-order valence-electron chi connectivity index (χ2n) is 8.13. The van der Waals surface area contributed by atoms with Gasteiger partial charge < -0.3 is 8.94 Å². The zero-order chi connectivity index (χ0) is 21.1. The fourth-order valence-electron chi connectivity index (χ4n) is 4.51. The van der Waals surface area contributed by atoms with Crippen LogP contribution < -0.4 is 0 Å². The molecule has 0 unspecified atom stereocenters. The number of aromatic nitrogens is 3. The van der Waals surface area contributed by atoms with E-state index in [0.29, 0.717) is 41.9 Å². The largest absolute Gasteiger partial charge is 0.420 e. The Hall–Kier alpha value is -2.59. The maximum absolute atomic E-state index is 13.4. The lowest BCUT2D eigenvalue weighted by Gasteiger charge is -2.31. The fourth-order valence-corrected chi connectivity index (χ4v) is 6.24. The van der Waals surface area contributed by atoms with Crippen molar-refractivity contribution in [2.24, 2.45) is 5.41 Å². The molecule has 30 heavy (non-hydrogen) atoms. The quantitative estimate of drug-likeness (QED) is 0.622. The van der Waals surface area contributed by atoms with Gasteiger partial charge in [0.1, 0.15) is 16.4 Å². The molecule has 3 aromatic rings. The van der Waals surface area contributed by atoms with Crippen molar-refractivity contribution in [2.75, 3.05) is 13.1 Å². The van der Waals surface area contributed by atoms with E-state index < -0.39 is 10.0 Å². The molecule has 1 aliphatic carbocycles. The maximum Gasteiger partial charge on any atom is 0.248 e. The molecular weight excluding hydrogens is 411 g/mol. The third kappa shape index (κ3) is 3.05. The standard InChI is InChI=1S/C20H21FN4O4S/c1-12-17(13(2)29-24-12)30(26,27)25-8-6-20(7-9-25)11-16(20)19-23-22-18(28-19)14-4-3-5-15(21)10-14/h3-5,10,16H,6-9,11H2,1-2H3/t16-/m1/s1. The third-order valence-electron chi connectivity index (χ3n) is 6.28. The molecule has 10 heteroatoms. The van der Waals surface area contributed by atoms with E-state index in [9.17, 15) is 12.8 Å². The lowest BCUT2D eigenvalue weighted by atomic mass is 9.92. The van der Waals surface area contributed by atoms with Gasteiger partial charge in [-0.05, 0) is 56.7 Å². The lowest BCUT2D eigenvalue weighted by molar-refractivity contribution is 0.246. The summed E-state index contributed by atoms with van der Waals surface area (Å²) >= 11 is 0. The van der Waals surface area contributed by atoms with Crippen molar-refractivity contribution in [1.29, 1.82) is 0 Å². The first-order chi connectivity index (χ1) is 14.3. The Morgan fingerprint density at radius 2 is 1.97 bits per heavy atom. The molecule has 0 amide bonds. The zero-order valence-corrected chi connectivity index (χ0v) is 17.4. The molecule has 0 N–H and O–H groups in total. The van der Waals surface area contributed by atoms with E-state index in [-0.39, 0.29) is 22.0 Å². The summed E-state index contributed by atoms with van der Waals surface area (Å²) in [7, 11) is -3.63. The van der Waals surface area contributed by atoms with Gasteiger partial charge in [-0.2, -0.15) is 4.31 Å². The van der Waals surface area contributed by atoms with Crippen molar-refractivity contribution in [3.05, 3.63) is 47.4 Å². The Morgan fingerprint density at radius 1 is 1.20 bits per heavy atom. The van der Waals surface area contributed by atoms with Crippen molar-refractivity contribution in [3.8, 4) is 11.5 Å². The number of hydrogen-bond donors (Lipinski definition) is 0. The molecular formula is C20H21FN4O4S. The van der Waals surface area contributed by atoms with Gasteiger partial charge in [0, 0.05) is 24.6 Å². The van der Waals surface area contributed by atoms with Gasteiger partial charge in [0.2, 0.25) is 21.8 Å². The van der Waals surface area contributed by atoms with Gasteiger partial charge in [0.25, 0.3) is 0 Å². The Kier molecular flexibility index (Phi) is 4.33. The van der Waals surface area contributed by atoms with Gasteiger partial charge in [0.05, 0.1) is 0 Å². The fraction of sp³-hybridized carbons (Fsp3) is 0.450. The highest BCUT2D eigenvalue weighted by atomic mass is 32.2. The minimum Gasteiger partial charge on any atom is -0.420 e. The first-order valence-electron chi connectivity index (χ1n) is 9.82. The summed E-state index contributed by atoms with van der Waals surface area (Å²) < 4.78 is 51.8. The minimum absolute atomic E-state index is 0.0174. The number of hydrogen-bond acceptors (Lipinski definition) is 7. The topological polar surface area (TPSA) is 102 Å². The van der Waals surface area contributed by atoms with Crippen LogP contribution in [0.2, 0.25) is 0 Å². The van der Waals surface area contributed by atoms with Crippen molar-refractivity contribution >= 4 is 10.0 Å². The van der Waals surface area contributed by atoms with Crippen molar-refractivity contribution in [1.82, 2.24) is 19.7 Å². The molecule has 158 valence electrons. The van der Waals surface area contributed by atoms with Crippen LogP contribution in [0.25, 0.3) is 11.5 Å². The van der Waals surface area contributed by atoms with Gasteiger partial charge in [-0.1, -0.05) is 11.2 Å². The van der Waals surface area contributed by atoms with Crippen molar-refractivity contribution in [3.63, 3.8) is 0 Å². The molecule has 2 fully saturated rings. The molecule has 1 aliphatic heterocycles.